The second-order valence-corrected chi connectivity index (χ2v) is 5.53. The van der Waals surface area contributed by atoms with Gasteiger partial charge < -0.3 is 10.2 Å². The Balaban J connectivity index is 2.11. The number of hydrogen-bond acceptors (Lipinski definition) is 1. The fourth-order valence-electron chi connectivity index (χ4n) is 2.59. The summed E-state index contributed by atoms with van der Waals surface area (Å²) in [6.07, 6.45) is 3.10. The molecule has 0 saturated carbocycles. The Bertz CT molecular complexity index is 471. The zero-order valence-corrected chi connectivity index (χ0v) is 11.9. The van der Waals surface area contributed by atoms with E-state index >= 15 is 0 Å². The van der Waals surface area contributed by atoms with Crippen molar-refractivity contribution in [3.63, 3.8) is 0 Å². The van der Waals surface area contributed by atoms with E-state index in [1.807, 2.05) is 13.8 Å². The van der Waals surface area contributed by atoms with E-state index in [1.165, 1.54) is 12.1 Å². The monoisotopic (exact) mass is 284 g/mol. The first-order valence-electron chi connectivity index (χ1n) is 6.53. The quantitative estimate of drug-likeness (QED) is 0.820. The van der Waals surface area contributed by atoms with Crippen LogP contribution in [0.25, 0.3) is 0 Å². The smallest absolute Gasteiger partial charge is 0.319 e. The maximum Gasteiger partial charge on any atom is 0.322 e. The molecule has 2 rings (SSSR count). The molecule has 1 aromatic carbocycles. The first-order chi connectivity index (χ1) is 8.99. The van der Waals surface area contributed by atoms with Crippen LogP contribution in [0.1, 0.15) is 33.1 Å². The van der Waals surface area contributed by atoms with Gasteiger partial charge in [0.1, 0.15) is 5.82 Å². The lowest BCUT2D eigenvalue weighted by Gasteiger charge is -2.38. The number of amides is 2. The molecular weight excluding hydrogens is 267 g/mol. The molecule has 1 saturated heterocycles. The van der Waals surface area contributed by atoms with E-state index in [4.69, 9.17) is 11.6 Å². The van der Waals surface area contributed by atoms with E-state index in [1.54, 1.807) is 11.0 Å². The second kappa shape index (κ2) is 5.78. The van der Waals surface area contributed by atoms with Gasteiger partial charge in [-0.3, -0.25) is 0 Å². The minimum atomic E-state index is -0.516. The van der Waals surface area contributed by atoms with Crippen molar-refractivity contribution in [1.29, 1.82) is 0 Å². The van der Waals surface area contributed by atoms with Crippen LogP contribution in [0.3, 0.4) is 0 Å². The number of nitrogens with one attached hydrogen (secondary N) is 1. The molecule has 1 aliphatic rings. The molecule has 3 nitrogen and oxygen atoms in total. The van der Waals surface area contributed by atoms with Crippen LogP contribution >= 0.6 is 11.6 Å². The van der Waals surface area contributed by atoms with Crippen molar-refractivity contribution in [2.75, 3.05) is 5.32 Å². The summed E-state index contributed by atoms with van der Waals surface area (Å²) in [6.45, 7) is 4.04. The van der Waals surface area contributed by atoms with E-state index < -0.39 is 5.82 Å². The number of rotatable bonds is 1. The van der Waals surface area contributed by atoms with Crippen LogP contribution in [0.15, 0.2) is 18.2 Å². The van der Waals surface area contributed by atoms with Gasteiger partial charge in [-0.05, 0) is 51.3 Å². The average Bonchev–Trinajstić information content (AvgIpc) is 2.32. The van der Waals surface area contributed by atoms with Crippen LogP contribution in [0.2, 0.25) is 5.02 Å². The minimum Gasteiger partial charge on any atom is -0.319 e. The molecular formula is C14H18ClFN2O. The van der Waals surface area contributed by atoms with Crippen molar-refractivity contribution in [3.05, 3.63) is 29.0 Å². The predicted octanol–water partition coefficient (Wildman–Crippen LogP) is 4.27. The first kappa shape index (κ1) is 14.1. The molecule has 0 aromatic heterocycles. The lowest BCUT2D eigenvalue weighted by molar-refractivity contribution is 0.133. The van der Waals surface area contributed by atoms with Gasteiger partial charge in [0.2, 0.25) is 0 Å². The SMILES string of the molecule is C[C@@H]1CCC[C@@H](C)N1C(=O)Nc1ccc(Cl)cc1F. The van der Waals surface area contributed by atoms with Gasteiger partial charge in [-0.15, -0.1) is 0 Å². The van der Waals surface area contributed by atoms with Crippen LogP contribution in [0, 0.1) is 5.82 Å². The van der Waals surface area contributed by atoms with Crippen LogP contribution in [-0.2, 0) is 0 Å². The van der Waals surface area contributed by atoms with Gasteiger partial charge >= 0.3 is 6.03 Å². The molecule has 0 unspecified atom stereocenters. The maximum atomic E-state index is 13.7. The van der Waals surface area contributed by atoms with E-state index in [2.05, 4.69) is 5.32 Å². The number of urea groups is 1. The topological polar surface area (TPSA) is 32.3 Å². The Morgan fingerprint density at radius 1 is 1.37 bits per heavy atom. The van der Waals surface area contributed by atoms with Crippen LogP contribution in [-0.4, -0.2) is 23.0 Å². The molecule has 1 aromatic rings. The third-order valence-corrected chi connectivity index (χ3v) is 3.84. The molecule has 0 spiro atoms. The average molecular weight is 285 g/mol. The van der Waals surface area contributed by atoms with Crippen molar-refractivity contribution in [2.45, 2.75) is 45.2 Å². The van der Waals surface area contributed by atoms with E-state index in [0.29, 0.717) is 5.02 Å². The summed E-state index contributed by atoms with van der Waals surface area (Å²) in [6, 6.07) is 4.34. The molecule has 0 bridgehead atoms. The van der Waals surface area contributed by atoms with Crippen LogP contribution in [0.4, 0.5) is 14.9 Å². The summed E-state index contributed by atoms with van der Waals surface area (Å²) in [4.78, 5) is 14.0. The molecule has 0 radical (unpaired) electrons. The Morgan fingerprint density at radius 3 is 2.58 bits per heavy atom. The standard InChI is InChI=1S/C14H18ClFN2O/c1-9-4-3-5-10(2)18(9)14(19)17-13-7-6-11(15)8-12(13)16/h6-10H,3-5H2,1-2H3,(H,17,19)/t9-,10-/m1/s1. The van der Waals surface area contributed by atoms with Gasteiger partial charge in [-0.25, -0.2) is 9.18 Å². The van der Waals surface area contributed by atoms with E-state index in [9.17, 15) is 9.18 Å². The van der Waals surface area contributed by atoms with Gasteiger partial charge in [0.05, 0.1) is 5.69 Å². The number of halogens is 2. The molecule has 0 aliphatic carbocycles. The van der Waals surface area contributed by atoms with Gasteiger partial charge in [0.15, 0.2) is 0 Å². The summed E-state index contributed by atoms with van der Waals surface area (Å²) >= 11 is 5.69. The molecule has 1 heterocycles. The van der Waals surface area contributed by atoms with E-state index in [-0.39, 0.29) is 23.8 Å². The van der Waals surface area contributed by atoms with Gasteiger partial charge in [0.25, 0.3) is 0 Å². The predicted molar refractivity (Wildman–Crippen MR) is 75.0 cm³/mol. The fourth-order valence-corrected chi connectivity index (χ4v) is 2.75. The molecule has 2 amide bonds. The van der Waals surface area contributed by atoms with Crippen molar-refractivity contribution in [3.8, 4) is 0 Å². The summed E-state index contributed by atoms with van der Waals surface area (Å²) in [5.74, 6) is -0.516. The summed E-state index contributed by atoms with van der Waals surface area (Å²) in [5, 5.41) is 2.94. The number of piperidine rings is 1. The van der Waals surface area contributed by atoms with Crippen molar-refractivity contribution in [2.24, 2.45) is 0 Å². The van der Waals surface area contributed by atoms with Crippen molar-refractivity contribution in [1.82, 2.24) is 4.90 Å². The number of likely N-dealkylation sites (tertiary alicyclic amines) is 1. The Hall–Kier alpha value is -1.29. The number of anilines is 1. The Kier molecular flexibility index (Phi) is 4.30. The van der Waals surface area contributed by atoms with E-state index in [0.717, 1.165) is 19.3 Å². The highest BCUT2D eigenvalue weighted by atomic mass is 35.5. The van der Waals surface area contributed by atoms with Crippen molar-refractivity contribution >= 4 is 23.3 Å². The maximum absolute atomic E-state index is 13.7. The molecule has 104 valence electrons. The first-order valence-corrected chi connectivity index (χ1v) is 6.91. The number of hydrogen-bond donors (Lipinski definition) is 1. The zero-order chi connectivity index (χ0) is 14.0. The summed E-state index contributed by atoms with van der Waals surface area (Å²) in [5.41, 5.74) is 0.166. The fraction of sp³-hybridized carbons (Fsp3) is 0.500. The number of carbonyl (C=O) groups excluding carboxylic acids is 1. The molecule has 1 fully saturated rings. The molecule has 5 heteroatoms. The molecule has 2 atom stereocenters. The second-order valence-electron chi connectivity index (χ2n) is 5.09. The van der Waals surface area contributed by atoms with Crippen molar-refractivity contribution < 1.29 is 9.18 Å². The molecule has 1 aliphatic heterocycles. The normalized spacial score (nSPS) is 23.3. The number of carbonyl (C=O) groups is 1. The highest BCUT2D eigenvalue weighted by Crippen LogP contribution is 2.25. The van der Waals surface area contributed by atoms with Gasteiger partial charge in [-0.2, -0.15) is 0 Å². The minimum absolute atomic E-state index is 0.166. The third-order valence-electron chi connectivity index (χ3n) is 3.60. The Labute approximate surface area is 117 Å². The zero-order valence-electron chi connectivity index (χ0n) is 11.1. The number of benzene rings is 1. The molecule has 1 N–H and O–H groups in total. The lowest BCUT2D eigenvalue weighted by atomic mass is 9.98. The Morgan fingerprint density at radius 2 is 2.00 bits per heavy atom. The largest absolute Gasteiger partial charge is 0.322 e. The van der Waals surface area contributed by atoms with Crippen LogP contribution in [0.5, 0.6) is 0 Å². The number of nitrogens with zero attached hydrogens (tertiary/aromatic N) is 1. The highest BCUT2D eigenvalue weighted by molar-refractivity contribution is 6.30. The molecule has 19 heavy (non-hydrogen) atoms. The summed E-state index contributed by atoms with van der Waals surface area (Å²) < 4.78 is 13.7. The lowest BCUT2D eigenvalue weighted by Crippen LogP contribution is -2.49. The van der Waals surface area contributed by atoms with Crippen LogP contribution < -0.4 is 5.32 Å². The van der Waals surface area contributed by atoms with Gasteiger partial charge in [-0.1, -0.05) is 11.6 Å². The van der Waals surface area contributed by atoms with Gasteiger partial charge in [0, 0.05) is 17.1 Å². The summed E-state index contributed by atoms with van der Waals surface area (Å²) in [7, 11) is 0. The third kappa shape index (κ3) is 3.18. The highest BCUT2D eigenvalue weighted by Gasteiger charge is 2.29.